The smallest absolute Gasteiger partial charge is 0.225 e. The minimum absolute atomic E-state index is 0.0129. The summed E-state index contributed by atoms with van der Waals surface area (Å²) in [5, 5.41) is 3.13. The third-order valence-electron chi connectivity index (χ3n) is 4.90. The fourth-order valence-electron chi connectivity index (χ4n) is 3.83. The topological polar surface area (TPSA) is 55.6 Å². The lowest BCUT2D eigenvalue weighted by Gasteiger charge is -2.22. The number of amides is 1. The van der Waals surface area contributed by atoms with E-state index < -0.39 is 0 Å². The lowest BCUT2D eigenvalue weighted by atomic mass is 9.84. The number of rotatable bonds is 6. The van der Waals surface area contributed by atoms with Gasteiger partial charge < -0.3 is 10.1 Å². The van der Waals surface area contributed by atoms with E-state index in [1.807, 2.05) is 53.9 Å². The molecule has 0 spiro atoms. The highest BCUT2D eigenvalue weighted by atomic mass is 16.5. The van der Waals surface area contributed by atoms with Gasteiger partial charge in [-0.25, -0.2) is 4.98 Å². The second-order valence-corrected chi connectivity index (χ2v) is 9.09. The molecule has 0 saturated heterocycles. The van der Waals surface area contributed by atoms with Crippen LogP contribution in [0.1, 0.15) is 46.1 Å². The van der Waals surface area contributed by atoms with E-state index in [1.165, 1.54) is 0 Å². The molecule has 1 unspecified atom stereocenters. The summed E-state index contributed by atoms with van der Waals surface area (Å²) in [6.07, 6.45) is 3.44. The average Bonchev–Trinajstić information content (AvgIpc) is 2.97. The number of carbonyl (C=O) groups excluding carboxylic acids is 1. The molecule has 2 aromatic heterocycles. The summed E-state index contributed by atoms with van der Waals surface area (Å²) in [4.78, 5) is 17.6. The lowest BCUT2D eigenvalue weighted by molar-refractivity contribution is -0.117. The van der Waals surface area contributed by atoms with Gasteiger partial charge in [0.05, 0.1) is 7.11 Å². The largest absolute Gasteiger partial charge is 0.497 e. The first-order valence-corrected chi connectivity index (χ1v) is 10.1. The van der Waals surface area contributed by atoms with E-state index in [0.29, 0.717) is 18.2 Å². The number of pyridine rings is 1. The van der Waals surface area contributed by atoms with Gasteiger partial charge in [0.15, 0.2) is 0 Å². The Balaban J connectivity index is 1.93. The van der Waals surface area contributed by atoms with E-state index in [2.05, 4.69) is 33.0 Å². The Hall–Kier alpha value is -2.82. The van der Waals surface area contributed by atoms with Crippen molar-refractivity contribution in [2.75, 3.05) is 12.4 Å². The van der Waals surface area contributed by atoms with Gasteiger partial charge in [0, 0.05) is 18.2 Å². The molecule has 2 heterocycles. The monoisotopic (exact) mass is 393 g/mol. The molecule has 0 fully saturated rings. The fourth-order valence-corrected chi connectivity index (χ4v) is 3.83. The molecule has 0 aliphatic heterocycles. The summed E-state index contributed by atoms with van der Waals surface area (Å²) in [5.41, 5.74) is 3.84. The van der Waals surface area contributed by atoms with Crippen LogP contribution in [-0.2, 0) is 4.79 Å². The Kier molecular flexibility index (Phi) is 5.96. The van der Waals surface area contributed by atoms with Crippen LogP contribution < -0.4 is 10.1 Å². The summed E-state index contributed by atoms with van der Waals surface area (Å²) in [5.74, 6) is 1.81. The van der Waals surface area contributed by atoms with Crippen LogP contribution in [0.5, 0.6) is 5.75 Å². The van der Waals surface area contributed by atoms with Crippen molar-refractivity contribution in [3.05, 3.63) is 48.2 Å². The van der Waals surface area contributed by atoms with Crippen molar-refractivity contribution < 1.29 is 9.53 Å². The number of anilines is 1. The Morgan fingerprint density at radius 1 is 1.21 bits per heavy atom. The Labute approximate surface area is 173 Å². The minimum Gasteiger partial charge on any atom is -0.497 e. The fraction of sp³-hybridized carbons (Fsp3) is 0.417. The van der Waals surface area contributed by atoms with Crippen molar-refractivity contribution in [2.45, 2.75) is 47.5 Å². The molecule has 0 aliphatic carbocycles. The van der Waals surface area contributed by atoms with Crippen LogP contribution in [0.2, 0.25) is 0 Å². The molecule has 0 aliphatic rings. The van der Waals surface area contributed by atoms with E-state index in [4.69, 9.17) is 9.72 Å². The molecule has 3 rings (SSSR count). The second kappa shape index (κ2) is 8.27. The number of nitrogens with one attached hydrogen (secondary N) is 1. The van der Waals surface area contributed by atoms with E-state index in [-0.39, 0.29) is 11.3 Å². The van der Waals surface area contributed by atoms with Gasteiger partial charge in [0.25, 0.3) is 0 Å². The molecule has 29 heavy (non-hydrogen) atoms. The van der Waals surface area contributed by atoms with Gasteiger partial charge in [0.2, 0.25) is 5.91 Å². The predicted molar refractivity (Wildman–Crippen MR) is 118 cm³/mol. The SMILES string of the molecule is COc1ccc(-c2nc3cc(C)ccn3c2NC(=O)CC(C)CC(C)(C)C)cc1. The van der Waals surface area contributed by atoms with Crippen LogP contribution in [0, 0.1) is 18.3 Å². The van der Waals surface area contributed by atoms with Crippen LogP contribution in [0.4, 0.5) is 5.82 Å². The lowest BCUT2D eigenvalue weighted by Crippen LogP contribution is -2.19. The molecular weight excluding hydrogens is 362 g/mol. The third-order valence-corrected chi connectivity index (χ3v) is 4.90. The van der Waals surface area contributed by atoms with Crippen molar-refractivity contribution in [2.24, 2.45) is 11.3 Å². The van der Waals surface area contributed by atoms with Crippen molar-refractivity contribution >= 4 is 17.4 Å². The molecule has 3 aromatic rings. The van der Waals surface area contributed by atoms with Gasteiger partial charge in [-0.1, -0.05) is 27.7 Å². The maximum atomic E-state index is 12.8. The summed E-state index contributed by atoms with van der Waals surface area (Å²) in [6, 6.07) is 11.8. The highest BCUT2D eigenvalue weighted by Crippen LogP contribution is 2.31. The highest BCUT2D eigenvalue weighted by Gasteiger charge is 2.21. The van der Waals surface area contributed by atoms with Crippen LogP contribution in [0.15, 0.2) is 42.6 Å². The van der Waals surface area contributed by atoms with Crippen molar-refractivity contribution in [1.29, 1.82) is 0 Å². The summed E-state index contributed by atoms with van der Waals surface area (Å²) >= 11 is 0. The maximum Gasteiger partial charge on any atom is 0.225 e. The van der Waals surface area contributed by atoms with Crippen molar-refractivity contribution in [1.82, 2.24) is 9.38 Å². The normalized spacial score (nSPS) is 12.8. The average molecular weight is 394 g/mol. The number of imidazole rings is 1. The zero-order chi connectivity index (χ0) is 21.2. The van der Waals surface area contributed by atoms with Crippen LogP contribution in [0.3, 0.4) is 0 Å². The number of ether oxygens (including phenoxy) is 1. The Morgan fingerprint density at radius 2 is 1.90 bits per heavy atom. The number of hydrogen-bond acceptors (Lipinski definition) is 3. The third kappa shape index (κ3) is 5.17. The molecule has 5 heteroatoms. The van der Waals surface area contributed by atoms with Gasteiger partial charge in [-0.05, 0) is 66.6 Å². The molecule has 0 radical (unpaired) electrons. The zero-order valence-corrected chi connectivity index (χ0v) is 18.2. The van der Waals surface area contributed by atoms with Gasteiger partial charge in [-0.15, -0.1) is 0 Å². The second-order valence-electron chi connectivity index (χ2n) is 9.09. The van der Waals surface area contributed by atoms with Crippen LogP contribution in [-0.4, -0.2) is 22.4 Å². The standard InChI is InChI=1S/C24H31N3O2/c1-16-11-12-27-20(13-16)25-22(18-7-9-19(29-6)10-8-18)23(27)26-21(28)14-17(2)15-24(3,4)5/h7-13,17H,14-15H2,1-6H3,(H,26,28). The molecule has 0 bridgehead atoms. The van der Waals surface area contributed by atoms with E-state index >= 15 is 0 Å². The van der Waals surface area contributed by atoms with Gasteiger partial charge in [-0.2, -0.15) is 0 Å². The number of aromatic nitrogens is 2. The van der Waals surface area contributed by atoms with E-state index in [0.717, 1.165) is 34.6 Å². The number of benzene rings is 1. The zero-order valence-electron chi connectivity index (χ0n) is 18.2. The molecule has 1 atom stereocenters. The quantitative estimate of drug-likeness (QED) is 0.583. The first-order valence-electron chi connectivity index (χ1n) is 10.1. The number of nitrogens with zero attached hydrogens (tertiary/aromatic N) is 2. The Morgan fingerprint density at radius 3 is 2.52 bits per heavy atom. The molecule has 154 valence electrons. The molecule has 5 nitrogen and oxygen atoms in total. The number of fused-ring (bicyclic) bond motifs is 1. The van der Waals surface area contributed by atoms with Crippen molar-refractivity contribution in [3.63, 3.8) is 0 Å². The number of aryl methyl sites for hydroxylation is 1. The number of methoxy groups -OCH3 is 1. The predicted octanol–water partition coefficient (Wildman–Crippen LogP) is 5.72. The molecular formula is C24H31N3O2. The van der Waals surface area contributed by atoms with Crippen LogP contribution >= 0.6 is 0 Å². The summed E-state index contributed by atoms with van der Waals surface area (Å²) in [7, 11) is 1.65. The van der Waals surface area contributed by atoms with E-state index in [9.17, 15) is 4.79 Å². The van der Waals surface area contributed by atoms with Gasteiger partial charge in [0.1, 0.15) is 22.9 Å². The first kappa shape index (κ1) is 20.9. The molecule has 0 saturated carbocycles. The summed E-state index contributed by atoms with van der Waals surface area (Å²) in [6.45, 7) is 10.8. The molecule has 1 N–H and O–H groups in total. The Bertz CT molecular complexity index is 997. The van der Waals surface area contributed by atoms with E-state index in [1.54, 1.807) is 7.11 Å². The molecule has 1 amide bonds. The summed E-state index contributed by atoms with van der Waals surface area (Å²) < 4.78 is 7.21. The van der Waals surface area contributed by atoms with Gasteiger partial charge in [-0.3, -0.25) is 9.20 Å². The van der Waals surface area contributed by atoms with Gasteiger partial charge >= 0.3 is 0 Å². The molecule has 1 aromatic carbocycles. The number of hydrogen-bond donors (Lipinski definition) is 1. The van der Waals surface area contributed by atoms with Crippen molar-refractivity contribution in [3.8, 4) is 17.0 Å². The van der Waals surface area contributed by atoms with Crippen LogP contribution in [0.25, 0.3) is 16.9 Å². The minimum atomic E-state index is 0.0129. The first-order chi connectivity index (χ1) is 13.7. The maximum absolute atomic E-state index is 12.8. The number of carbonyl (C=O) groups is 1. The highest BCUT2D eigenvalue weighted by molar-refractivity contribution is 5.94.